The fraction of sp³-hybridized carbons (Fsp3) is 0.286. The van der Waals surface area contributed by atoms with Gasteiger partial charge in [0.2, 0.25) is 0 Å². The molecule has 96 valence electrons. The molecule has 1 nitrogen and oxygen atoms in total. The van der Waals surface area contributed by atoms with Crippen LogP contribution in [0, 0.1) is 0 Å². The number of rotatable bonds is 5. The van der Waals surface area contributed by atoms with E-state index in [-0.39, 0.29) is 0 Å². The molecule has 0 radical (unpaired) electrons. The highest BCUT2D eigenvalue weighted by atomic mass is 35.5. The first-order chi connectivity index (χ1) is 8.70. The lowest BCUT2D eigenvalue weighted by atomic mass is 10.1. The average molecular weight is 300 g/mol. The number of hydrogen-bond donors (Lipinski definition) is 1. The van der Waals surface area contributed by atoms with Crippen molar-refractivity contribution in [3.05, 3.63) is 56.2 Å². The fourth-order valence-electron chi connectivity index (χ4n) is 1.85. The maximum absolute atomic E-state index is 6.15. The summed E-state index contributed by atoms with van der Waals surface area (Å²) in [4.78, 5) is 1.36. The van der Waals surface area contributed by atoms with E-state index in [0.717, 1.165) is 28.6 Å². The largest absolute Gasteiger partial charge is 0.305 e. The first-order valence-corrected chi connectivity index (χ1v) is 7.55. The van der Waals surface area contributed by atoms with Crippen molar-refractivity contribution in [2.24, 2.45) is 0 Å². The van der Waals surface area contributed by atoms with E-state index in [9.17, 15) is 0 Å². The van der Waals surface area contributed by atoms with Gasteiger partial charge in [0.15, 0.2) is 0 Å². The molecule has 0 bridgehead atoms. The minimum Gasteiger partial charge on any atom is -0.305 e. The normalized spacial score (nSPS) is 12.6. The molecule has 1 aromatic carbocycles. The van der Waals surface area contributed by atoms with E-state index >= 15 is 0 Å². The standard InChI is InChI=1S/C14H15Cl2NS/c1-2-13(14-4-3-7-18-14)17-9-10-8-11(15)5-6-12(10)16/h3-8,13,17H,2,9H2,1H3. The highest BCUT2D eigenvalue weighted by Crippen LogP contribution is 2.24. The topological polar surface area (TPSA) is 12.0 Å². The number of halogens is 2. The van der Waals surface area contributed by atoms with Crippen molar-refractivity contribution in [1.29, 1.82) is 0 Å². The van der Waals surface area contributed by atoms with Crippen LogP contribution in [-0.4, -0.2) is 0 Å². The van der Waals surface area contributed by atoms with Crippen molar-refractivity contribution in [1.82, 2.24) is 5.32 Å². The lowest BCUT2D eigenvalue weighted by molar-refractivity contribution is 0.526. The second kappa shape index (κ2) is 6.58. The van der Waals surface area contributed by atoms with Gasteiger partial charge >= 0.3 is 0 Å². The lowest BCUT2D eigenvalue weighted by Crippen LogP contribution is -2.19. The maximum atomic E-state index is 6.15. The van der Waals surface area contributed by atoms with Crippen molar-refractivity contribution in [3.63, 3.8) is 0 Å². The number of hydrogen-bond acceptors (Lipinski definition) is 2. The molecule has 1 atom stereocenters. The smallest absolute Gasteiger partial charge is 0.0451 e. The van der Waals surface area contributed by atoms with Gasteiger partial charge in [0.05, 0.1) is 0 Å². The molecule has 1 unspecified atom stereocenters. The Labute approximate surface area is 122 Å². The third kappa shape index (κ3) is 3.48. The van der Waals surface area contributed by atoms with Gasteiger partial charge < -0.3 is 5.32 Å². The number of thiophene rings is 1. The van der Waals surface area contributed by atoms with E-state index in [2.05, 4.69) is 29.8 Å². The van der Waals surface area contributed by atoms with Gasteiger partial charge in [0.25, 0.3) is 0 Å². The summed E-state index contributed by atoms with van der Waals surface area (Å²) in [5, 5.41) is 7.11. The van der Waals surface area contributed by atoms with Gasteiger partial charge in [-0.05, 0) is 41.6 Å². The van der Waals surface area contributed by atoms with Gasteiger partial charge in [0.1, 0.15) is 0 Å². The zero-order valence-electron chi connectivity index (χ0n) is 10.1. The van der Waals surface area contributed by atoms with Gasteiger partial charge in [-0.15, -0.1) is 11.3 Å². The Morgan fingerprint density at radius 2 is 2.11 bits per heavy atom. The Morgan fingerprint density at radius 1 is 1.28 bits per heavy atom. The molecule has 18 heavy (non-hydrogen) atoms. The van der Waals surface area contributed by atoms with E-state index in [0.29, 0.717) is 6.04 Å². The fourth-order valence-corrected chi connectivity index (χ4v) is 3.11. The molecule has 0 aliphatic carbocycles. The Morgan fingerprint density at radius 3 is 2.78 bits per heavy atom. The SMILES string of the molecule is CCC(NCc1cc(Cl)ccc1Cl)c1cccs1. The molecule has 0 saturated carbocycles. The zero-order valence-corrected chi connectivity index (χ0v) is 12.4. The average Bonchev–Trinajstić information content (AvgIpc) is 2.88. The Hall–Kier alpha value is -0.540. The van der Waals surface area contributed by atoms with E-state index in [4.69, 9.17) is 23.2 Å². The van der Waals surface area contributed by atoms with Crippen molar-refractivity contribution >= 4 is 34.5 Å². The summed E-state index contributed by atoms with van der Waals surface area (Å²) in [7, 11) is 0. The number of benzene rings is 1. The van der Waals surface area contributed by atoms with Gasteiger partial charge in [-0.1, -0.05) is 36.2 Å². The Kier molecular flexibility index (Phi) is 5.07. The van der Waals surface area contributed by atoms with Gasteiger partial charge in [0, 0.05) is 27.5 Å². The van der Waals surface area contributed by atoms with Crippen LogP contribution < -0.4 is 5.32 Å². The highest BCUT2D eigenvalue weighted by Gasteiger charge is 2.10. The Balaban J connectivity index is 2.04. The summed E-state index contributed by atoms with van der Waals surface area (Å²) in [6.07, 6.45) is 1.05. The second-order valence-corrected chi connectivity index (χ2v) is 5.92. The van der Waals surface area contributed by atoms with E-state index < -0.39 is 0 Å². The van der Waals surface area contributed by atoms with Crippen molar-refractivity contribution in [3.8, 4) is 0 Å². The van der Waals surface area contributed by atoms with Crippen LogP contribution in [0.25, 0.3) is 0 Å². The molecule has 0 saturated heterocycles. The van der Waals surface area contributed by atoms with Crippen LogP contribution in [0.4, 0.5) is 0 Å². The highest BCUT2D eigenvalue weighted by molar-refractivity contribution is 7.10. The van der Waals surface area contributed by atoms with Crippen LogP contribution in [0.15, 0.2) is 35.7 Å². The summed E-state index contributed by atoms with van der Waals surface area (Å²) >= 11 is 13.9. The monoisotopic (exact) mass is 299 g/mol. The zero-order chi connectivity index (χ0) is 13.0. The van der Waals surface area contributed by atoms with E-state index in [1.54, 1.807) is 11.3 Å². The van der Waals surface area contributed by atoms with Crippen LogP contribution in [0.5, 0.6) is 0 Å². The van der Waals surface area contributed by atoms with E-state index in [1.165, 1.54) is 4.88 Å². The third-order valence-corrected chi connectivity index (χ3v) is 4.43. The summed E-state index contributed by atoms with van der Waals surface area (Å²) in [5.74, 6) is 0. The molecule has 2 rings (SSSR count). The van der Waals surface area contributed by atoms with Crippen LogP contribution in [-0.2, 0) is 6.54 Å². The lowest BCUT2D eigenvalue weighted by Gasteiger charge is -2.16. The maximum Gasteiger partial charge on any atom is 0.0451 e. The molecule has 1 aromatic heterocycles. The molecule has 0 aliphatic heterocycles. The third-order valence-electron chi connectivity index (χ3n) is 2.84. The Bertz CT molecular complexity index is 497. The van der Waals surface area contributed by atoms with Gasteiger partial charge in [-0.2, -0.15) is 0 Å². The van der Waals surface area contributed by atoms with Crippen LogP contribution in [0.1, 0.15) is 29.8 Å². The summed E-state index contributed by atoms with van der Waals surface area (Å²) in [6, 6.07) is 10.2. The first-order valence-electron chi connectivity index (χ1n) is 5.91. The van der Waals surface area contributed by atoms with Crippen molar-refractivity contribution in [2.45, 2.75) is 25.9 Å². The molecule has 2 aromatic rings. The molecule has 0 fully saturated rings. The summed E-state index contributed by atoms with van der Waals surface area (Å²) in [5.41, 5.74) is 1.04. The minimum atomic E-state index is 0.375. The number of nitrogens with one attached hydrogen (secondary N) is 1. The minimum absolute atomic E-state index is 0.375. The quantitative estimate of drug-likeness (QED) is 0.790. The molecular formula is C14H15Cl2NS. The van der Waals surface area contributed by atoms with Crippen LogP contribution in [0.2, 0.25) is 10.0 Å². The first kappa shape index (κ1) is 13.9. The molecule has 1 N–H and O–H groups in total. The molecule has 0 aliphatic rings. The molecule has 0 spiro atoms. The van der Waals surface area contributed by atoms with Gasteiger partial charge in [-0.25, -0.2) is 0 Å². The van der Waals surface area contributed by atoms with Crippen LogP contribution >= 0.6 is 34.5 Å². The van der Waals surface area contributed by atoms with Gasteiger partial charge in [-0.3, -0.25) is 0 Å². The van der Waals surface area contributed by atoms with E-state index in [1.807, 2.05) is 18.2 Å². The molecule has 4 heteroatoms. The summed E-state index contributed by atoms with van der Waals surface area (Å²) in [6.45, 7) is 2.91. The molecular weight excluding hydrogens is 285 g/mol. The van der Waals surface area contributed by atoms with Crippen LogP contribution in [0.3, 0.4) is 0 Å². The van der Waals surface area contributed by atoms with Crippen molar-refractivity contribution < 1.29 is 0 Å². The van der Waals surface area contributed by atoms with Crippen molar-refractivity contribution in [2.75, 3.05) is 0 Å². The molecule has 1 heterocycles. The second-order valence-electron chi connectivity index (χ2n) is 4.09. The summed E-state index contributed by atoms with van der Waals surface area (Å²) < 4.78 is 0. The predicted molar refractivity (Wildman–Crippen MR) is 80.7 cm³/mol. The molecule has 0 amide bonds. The predicted octanol–water partition coefficient (Wildman–Crippen LogP) is 5.30.